The van der Waals surface area contributed by atoms with Crippen LogP contribution in [-0.2, 0) is 12.4 Å². The molecule has 0 atom stereocenters. The van der Waals surface area contributed by atoms with Gasteiger partial charge in [0.2, 0.25) is 0 Å². The van der Waals surface area contributed by atoms with Crippen LogP contribution in [0.15, 0.2) is 0 Å². The van der Waals surface area contributed by atoms with Crippen molar-refractivity contribution in [3.05, 3.63) is 11.3 Å². The van der Waals surface area contributed by atoms with E-state index < -0.39 is 0 Å². The molecule has 0 saturated carbocycles. The third-order valence-corrected chi connectivity index (χ3v) is 3.81. The standard InChI is InChI=1S/C11H19BrN4/c1-9-10(8-12)11(15(3)13-9)16-6-4-14(2)5-7-16/h4-8H2,1-3H3. The van der Waals surface area contributed by atoms with Gasteiger partial charge in [-0.15, -0.1) is 0 Å². The monoisotopic (exact) mass is 286 g/mol. The quantitative estimate of drug-likeness (QED) is 0.768. The Morgan fingerprint density at radius 1 is 1.19 bits per heavy atom. The van der Waals surface area contributed by atoms with Crippen LogP contribution in [0.1, 0.15) is 11.3 Å². The molecule has 0 N–H and O–H groups in total. The maximum atomic E-state index is 4.51. The van der Waals surface area contributed by atoms with Gasteiger partial charge in [0.05, 0.1) is 5.69 Å². The van der Waals surface area contributed by atoms with Gasteiger partial charge < -0.3 is 9.80 Å². The zero-order valence-electron chi connectivity index (χ0n) is 10.2. The minimum absolute atomic E-state index is 0.883. The van der Waals surface area contributed by atoms with E-state index in [4.69, 9.17) is 0 Å². The van der Waals surface area contributed by atoms with Crippen LogP contribution in [0.5, 0.6) is 0 Å². The zero-order valence-corrected chi connectivity index (χ0v) is 11.8. The molecular formula is C11H19BrN4. The fourth-order valence-corrected chi connectivity index (χ4v) is 2.92. The molecule has 90 valence electrons. The average molecular weight is 287 g/mol. The minimum atomic E-state index is 0.883. The number of aryl methyl sites for hydroxylation is 2. The number of halogens is 1. The van der Waals surface area contributed by atoms with Gasteiger partial charge in [0.15, 0.2) is 0 Å². The van der Waals surface area contributed by atoms with Crippen molar-refractivity contribution in [2.24, 2.45) is 7.05 Å². The Morgan fingerprint density at radius 2 is 1.81 bits per heavy atom. The highest BCUT2D eigenvalue weighted by Crippen LogP contribution is 2.26. The first kappa shape index (κ1) is 11.9. The van der Waals surface area contributed by atoms with Crippen LogP contribution in [-0.4, -0.2) is 47.9 Å². The van der Waals surface area contributed by atoms with Crippen LogP contribution in [0.3, 0.4) is 0 Å². The lowest BCUT2D eigenvalue weighted by atomic mass is 10.2. The van der Waals surface area contributed by atoms with E-state index >= 15 is 0 Å². The van der Waals surface area contributed by atoms with Gasteiger partial charge in [-0.3, -0.25) is 4.68 Å². The van der Waals surface area contributed by atoms with E-state index in [0.29, 0.717) is 0 Å². The molecule has 2 rings (SSSR count). The van der Waals surface area contributed by atoms with Gasteiger partial charge >= 0.3 is 0 Å². The smallest absolute Gasteiger partial charge is 0.130 e. The third-order valence-electron chi connectivity index (χ3n) is 3.25. The summed E-state index contributed by atoms with van der Waals surface area (Å²) in [4.78, 5) is 4.81. The summed E-state index contributed by atoms with van der Waals surface area (Å²) in [5.74, 6) is 1.28. The van der Waals surface area contributed by atoms with Gasteiger partial charge in [0, 0.05) is 44.1 Å². The summed E-state index contributed by atoms with van der Waals surface area (Å²) >= 11 is 3.56. The molecule has 0 unspecified atom stereocenters. The van der Waals surface area contributed by atoms with Crippen molar-refractivity contribution < 1.29 is 0 Å². The SMILES string of the molecule is Cc1nn(C)c(N2CCN(C)CC2)c1CBr. The van der Waals surface area contributed by atoms with E-state index in [1.54, 1.807) is 0 Å². The average Bonchev–Trinajstić information content (AvgIpc) is 2.54. The fraction of sp³-hybridized carbons (Fsp3) is 0.727. The van der Waals surface area contributed by atoms with Crippen molar-refractivity contribution in [2.75, 3.05) is 38.1 Å². The van der Waals surface area contributed by atoms with E-state index in [1.165, 1.54) is 11.4 Å². The van der Waals surface area contributed by atoms with Crippen LogP contribution in [0, 0.1) is 6.92 Å². The highest BCUT2D eigenvalue weighted by Gasteiger charge is 2.21. The molecule has 0 amide bonds. The van der Waals surface area contributed by atoms with E-state index in [0.717, 1.165) is 37.2 Å². The van der Waals surface area contributed by atoms with Crippen molar-refractivity contribution in [2.45, 2.75) is 12.3 Å². The molecule has 16 heavy (non-hydrogen) atoms. The molecule has 4 nitrogen and oxygen atoms in total. The number of likely N-dealkylation sites (N-methyl/N-ethyl adjacent to an activating group) is 1. The lowest BCUT2D eigenvalue weighted by molar-refractivity contribution is 0.310. The minimum Gasteiger partial charge on any atom is -0.354 e. The summed E-state index contributed by atoms with van der Waals surface area (Å²) in [5.41, 5.74) is 2.46. The summed E-state index contributed by atoms with van der Waals surface area (Å²) in [7, 11) is 4.21. The number of hydrogen-bond acceptors (Lipinski definition) is 3. The Hall–Kier alpha value is -0.550. The predicted octanol–water partition coefficient (Wildman–Crippen LogP) is 1.38. The Balaban J connectivity index is 2.25. The summed E-state index contributed by atoms with van der Waals surface area (Å²) in [5, 5.41) is 5.39. The zero-order chi connectivity index (χ0) is 11.7. The lowest BCUT2D eigenvalue weighted by Crippen LogP contribution is -2.45. The van der Waals surface area contributed by atoms with Crippen molar-refractivity contribution in [3.8, 4) is 0 Å². The largest absolute Gasteiger partial charge is 0.354 e. The predicted molar refractivity (Wildman–Crippen MR) is 70.3 cm³/mol. The van der Waals surface area contributed by atoms with Crippen LogP contribution in [0.2, 0.25) is 0 Å². The van der Waals surface area contributed by atoms with Crippen LogP contribution >= 0.6 is 15.9 Å². The molecule has 0 spiro atoms. The second kappa shape index (κ2) is 4.75. The maximum Gasteiger partial charge on any atom is 0.130 e. The van der Waals surface area contributed by atoms with Gasteiger partial charge in [-0.05, 0) is 14.0 Å². The molecule has 1 aliphatic heterocycles. The van der Waals surface area contributed by atoms with E-state index in [2.05, 4.69) is 44.8 Å². The normalized spacial score (nSPS) is 18.1. The summed E-state index contributed by atoms with van der Waals surface area (Å²) in [6.45, 7) is 6.53. The Labute approximate surface area is 105 Å². The van der Waals surface area contributed by atoms with Gasteiger partial charge in [0.1, 0.15) is 5.82 Å². The number of anilines is 1. The van der Waals surface area contributed by atoms with Crippen LogP contribution in [0.4, 0.5) is 5.82 Å². The topological polar surface area (TPSA) is 24.3 Å². The Morgan fingerprint density at radius 3 is 2.38 bits per heavy atom. The molecule has 0 bridgehead atoms. The summed E-state index contributed by atoms with van der Waals surface area (Å²) in [6.07, 6.45) is 0. The molecule has 2 heterocycles. The molecule has 1 fully saturated rings. The number of aromatic nitrogens is 2. The molecule has 1 aromatic heterocycles. The van der Waals surface area contributed by atoms with E-state index in [-0.39, 0.29) is 0 Å². The van der Waals surface area contributed by atoms with Crippen molar-refractivity contribution in [1.82, 2.24) is 14.7 Å². The molecule has 1 saturated heterocycles. The first-order valence-electron chi connectivity index (χ1n) is 5.65. The van der Waals surface area contributed by atoms with Gasteiger partial charge in [-0.25, -0.2) is 0 Å². The first-order valence-corrected chi connectivity index (χ1v) is 6.77. The van der Waals surface area contributed by atoms with Crippen molar-refractivity contribution in [1.29, 1.82) is 0 Å². The van der Waals surface area contributed by atoms with Crippen LogP contribution in [0.25, 0.3) is 0 Å². The number of hydrogen-bond donors (Lipinski definition) is 0. The highest BCUT2D eigenvalue weighted by molar-refractivity contribution is 9.08. The summed E-state index contributed by atoms with van der Waals surface area (Å²) in [6, 6.07) is 0. The Bertz CT molecular complexity index is 366. The molecule has 0 radical (unpaired) electrons. The van der Waals surface area contributed by atoms with E-state index in [1.807, 2.05) is 11.7 Å². The number of rotatable bonds is 2. The second-order valence-electron chi connectivity index (χ2n) is 4.44. The number of piperazine rings is 1. The van der Waals surface area contributed by atoms with Crippen molar-refractivity contribution in [3.63, 3.8) is 0 Å². The van der Waals surface area contributed by atoms with Gasteiger partial charge in [-0.2, -0.15) is 5.10 Å². The van der Waals surface area contributed by atoms with Gasteiger partial charge in [-0.1, -0.05) is 15.9 Å². The highest BCUT2D eigenvalue weighted by atomic mass is 79.9. The van der Waals surface area contributed by atoms with Gasteiger partial charge in [0.25, 0.3) is 0 Å². The molecule has 1 aromatic rings. The molecule has 1 aliphatic rings. The second-order valence-corrected chi connectivity index (χ2v) is 5.00. The lowest BCUT2D eigenvalue weighted by Gasteiger charge is -2.34. The van der Waals surface area contributed by atoms with Crippen LogP contribution < -0.4 is 4.90 Å². The number of alkyl halides is 1. The summed E-state index contributed by atoms with van der Waals surface area (Å²) < 4.78 is 2.01. The molecular weight excluding hydrogens is 268 g/mol. The third kappa shape index (κ3) is 2.11. The Kier molecular flexibility index (Phi) is 3.54. The maximum absolute atomic E-state index is 4.51. The molecule has 0 aromatic carbocycles. The first-order chi connectivity index (χ1) is 7.63. The molecule has 0 aliphatic carbocycles. The number of nitrogens with zero attached hydrogens (tertiary/aromatic N) is 4. The fourth-order valence-electron chi connectivity index (χ4n) is 2.26. The van der Waals surface area contributed by atoms with Crippen molar-refractivity contribution >= 4 is 21.7 Å². The molecule has 5 heteroatoms. The van der Waals surface area contributed by atoms with E-state index in [9.17, 15) is 0 Å².